The second kappa shape index (κ2) is 14.9. The summed E-state index contributed by atoms with van der Waals surface area (Å²) < 4.78 is 10.7. The van der Waals surface area contributed by atoms with Crippen LogP contribution in [0, 0.1) is 5.92 Å². The van der Waals surface area contributed by atoms with Gasteiger partial charge in [0, 0.05) is 19.5 Å². The van der Waals surface area contributed by atoms with Crippen molar-refractivity contribution in [3.8, 4) is 0 Å². The highest BCUT2D eigenvalue weighted by Gasteiger charge is 2.45. The molecule has 10 N–H and O–H groups in total. The molecule has 0 bridgehead atoms. The van der Waals surface area contributed by atoms with Gasteiger partial charge in [0.2, 0.25) is 23.6 Å². The van der Waals surface area contributed by atoms with Crippen molar-refractivity contribution in [2.45, 2.75) is 82.8 Å². The van der Waals surface area contributed by atoms with Crippen molar-refractivity contribution in [3.63, 3.8) is 0 Å². The van der Waals surface area contributed by atoms with E-state index in [0.29, 0.717) is 6.54 Å². The fourth-order valence-corrected chi connectivity index (χ4v) is 3.47. The molecule has 0 aromatic rings. The Kier molecular flexibility index (Phi) is 13.1. The standard InChI is InChI=1S/C21H39N5O9/c1-4-7-24-15(28)6-5-13(18(23)30)26-19(31)10(2)25-20(32)11(3)34-17-12(8-22)21(33)35-14(9-27)16(17)29/h10-14,16-17,21,27,29,33H,4-9,22H2,1-3H3,(H2,23,30)(H,24,28)(H,25,32)(H,26,31)/t10-,11+,12-,13+,14?,16?,17+,21?/m0/s1. The summed E-state index contributed by atoms with van der Waals surface area (Å²) in [5.41, 5.74) is 11.0. The first kappa shape index (κ1) is 30.7. The molecule has 14 heteroatoms. The summed E-state index contributed by atoms with van der Waals surface area (Å²) in [6.07, 6.45) is -5.49. The van der Waals surface area contributed by atoms with E-state index in [-0.39, 0.29) is 25.3 Å². The Morgan fingerprint density at radius 2 is 1.77 bits per heavy atom. The van der Waals surface area contributed by atoms with Crippen LogP contribution in [0.3, 0.4) is 0 Å². The van der Waals surface area contributed by atoms with Gasteiger partial charge in [-0.25, -0.2) is 0 Å². The van der Waals surface area contributed by atoms with Gasteiger partial charge < -0.3 is 52.2 Å². The average molecular weight is 506 g/mol. The lowest BCUT2D eigenvalue weighted by atomic mass is 9.90. The minimum absolute atomic E-state index is 0.00668. The predicted octanol–water partition coefficient (Wildman–Crippen LogP) is -3.81. The van der Waals surface area contributed by atoms with Crippen molar-refractivity contribution >= 4 is 23.6 Å². The first-order valence-electron chi connectivity index (χ1n) is 11.6. The van der Waals surface area contributed by atoms with Crippen molar-refractivity contribution in [1.82, 2.24) is 16.0 Å². The maximum absolute atomic E-state index is 12.6. The van der Waals surface area contributed by atoms with Crippen molar-refractivity contribution in [1.29, 1.82) is 0 Å². The highest BCUT2D eigenvalue weighted by Crippen LogP contribution is 2.27. The molecule has 0 aliphatic carbocycles. The molecular weight excluding hydrogens is 466 g/mol. The molecule has 0 radical (unpaired) electrons. The minimum atomic E-state index is -1.42. The quantitative estimate of drug-likeness (QED) is 0.114. The Labute approximate surface area is 204 Å². The van der Waals surface area contributed by atoms with Crippen LogP contribution in [0.25, 0.3) is 0 Å². The number of hydrogen-bond acceptors (Lipinski definition) is 10. The van der Waals surface area contributed by atoms with Gasteiger partial charge in [-0.2, -0.15) is 0 Å². The van der Waals surface area contributed by atoms with E-state index < -0.39 is 73.0 Å². The SMILES string of the molecule is CCCNC(=O)CC[C@@H](NC(=O)[C@H](C)NC(=O)[C@@H](C)O[C@H]1C(O)C(CO)OC(O)[C@H]1CN)C(N)=O. The number of hydrogen-bond donors (Lipinski definition) is 8. The van der Waals surface area contributed by atoms with Crippen LogP contribution in [-0.2, 0) is 28.7 Å². The van der Waals surface area contributed by atoms with E-state index in [1.165, 1.54) is 13.8 Å². The Morgan fingerprint density at radius 3 is 2.31 bits per heavy atom. The zero-order chi connectivity index (χ0) is 26.7. The number of aliphatic hydroxyl groups excluding tert-OH is 3. The number of rotatable bonds is 14. The molecule has 1 aliphatic heterocycles. The van der Waals surface area contributed by atoms with Gasteiger partial charge in [-0.3, -0.25) is 19.2 Å². The second-order valence-electron chi connectivity index (χ2n) is 8.46. The summed E-state index contributed by atoms with van der Waals surface area (Å²) in [5.74, 6) is -3.39. The summed E-state index contributed by atoms with van der Waals surface area (Å²) in [6, 6.07) is -2.20. The van der Waals surface area contributed by atoms with Crippen LogP contribution in [0.15, 0.2) is 0 Å². The van der Waals surface area contributed by atoms with E-state index in [2.05, 4.69) is 16.0 Å². The largest absolute Gasteiger partial charge is 0.394 e. The summed E-state index contributed by atoms with van der Waals surface area (Å²) in [7, 11) is 0. The van der Waals surface area contributed by atoms with Gasteiger partial charge in [-0.05, 0) is 26.7 Å². The van der Waals surface area contributed by atoms with Crippen LogP contribution in [0.4, 0.5) is 0 Å². The number of nitrogens with two attached hydrogens (primary N) is 2. The smallest absolute Gasteiger partial charge is 0.249 e. The van der Waals surface area contributed by atoms with Gasteiger partial charge in [0.15, 0.2) is 6.29 Å². The molecule has 3 unspecified atom stereocenters. The topological polar surface area (TPSA) is 236 Å². The van der Waals surface area contributed by atoms with Crippen LogP contribution in [0.5, 0.6) is 0 Å². The lowest BCUT2D eigenvalue weighted by Crippen LogP contribution is -2.60. The molecule has 1 heterocycles. The molecule has 35 heavy (non-hydrogen) atoms. The first-order chi connectivity index (χ1) is 16.5. The average Bonchev–Trinajstić information content (AvgIpc) is 2.81. The molecule has 1 aliphatic rings. The van der Waals surface area contributed by atoms with E-state index in [1.807, 2.05) is 6.92 Å². The molecule has 0 aromatic carbocycles. The second-order valence-corrected chi connectivity index (χ2v) is 8.46. The van der Waals surface area contributed by atoms with Crippen molar-refractivity contribution in [2.75, 3.05) is 19.7 Å². The molecule has 1 saturated heterocycles. The maximum atomic E-state index is 12.6. The number of carbonyl (C=O) groups excluding carboxylic acids is 4. The van der Waals surface area contributed by atoms with Gasteiger partial charge in [-0.15, -0.1) is 0 Å². The number of carbonyl (C=O) groups is 4. The van der Waals surface area contributed by atoms with Gasteiger partial charge >= 0.3 is 0 Å². The molecular formula is C21H39N5O9. The highest BCUT2D eigenvalue weighted by molar-refractivity contribution is 5.92. The van der Waals surface area contributed by atoms with E-state index in [4.69, 9.17) is 20.9 Å². The number of primary amides is 1. The summed E-state index contributed by atoms with van der Waals surface area (Å²) in [5, 5.41) is 37.3. The zero-order valence-corrected chi connectivity index (χ0v) is 20.3. The Hall–Kier alpha value is -2.36. The third-order valence-corrected chi connectivity index (χ3v) is 5.65. The predicted molar refractivity (Wildman–Crippen MR) is 122 cm³/mol. The number of ether oxygens (including phenoxy) is 2. The molecule has 1 fully saturated rings. The molecule has 14 nitrogen and oxygen atoms in total. The fourth-order valence-electron chi connectivity index (χ4n) is 3.47. The molecule has 202 valence electrons. The zero-order valence-electron chi connectivity index (χ0n) is 20.3. The first-order valence-corrected chi connectivity index (χ1v) is 11.6. The van der Waals surface area contributed by atoms with Crippen molar-refractivity contribution in [3.05, 3.63) is 0 Å². The van der Waals surface area contributed by atoms with E-state index in [9.17, 15) is 34.5 Å². The maximum Gasteiger partial charge on any atom is 0.249 e. The molecule has 1 rings (SSSR count). The van der Waals surface area contributed by atoms with Crippen LogP contribution >= 0.6 is 0 Å². The summed E-state index contributed by atoms with van der Waals surface area (Å²) in [4.78, 5) is 48.5. The number of amides is 4. The minimum Gasteiger partial charge on any atom is -0.394 e. The van der Waals surface area contributed by atoms with Crippen LogP contribution < -0.4 is 27.4 Å². The van der Waals surface area contributed by atoms with Crippen LogP contribution in [-0.4, -0.2) is 101 Å². The van der Waals surface area contributed by atoms with Gasteiger partial charge in [-0.1, -0.05) is 6.92 Å². The number of nitrogens with one attached hydrogen (secondary N) is 3. The van der Waals surface area contributed by atoms with Gasteiger partial charge in [0.25, 0.3) is 0 Å². The number of aliphatic hydroxyl groups is 3. The van der Waals surface area contributed by atoms with Crippen LogP contribution in [0.2, 0.25) is 0 Å². The lowest BCUT2D eigenvalue weighted by molar-refractivity contribution is -0.280. The monoisotopic (exact) mass is 505 g/mol. The summed E-state index contributed by atoms with van der Waals surface area (Å²) in [6.45, 7) is 4.42. The Morgan fingerprint density at radius 1 is 1.11 bits per heavy atom. The van der Waals surface area contributed by atoms with Gasteiger partial charge in [0.05, 0.1) is 18.6 Å². The van der Waals surface area contributed by atoms with Crippen LogP contribution in [0.1, 0.15) is 40.0 Å². The van der Waals surface area contributed by atoms with E-state index in [0.717, 1.165) is 6.42 Å². The van der Waals surface area contributed by atoms with Crippen molar-refractivity contribution in [2.24, 2.45) is 17.4 Å². The highest BCUT2D eigenvalue weighted by atomic mass is 16.6. The molecule has 8 atom stereocenters. The third-order valence-electron chi connectivity index (χ3n) is 5.65. The molecule has 0 saturated carbocycles. The van der Waals surface area contributed by atoms with Crippen molar-refractivity contribution < 1.29 is 44.0 Å². The normalized spacial score (nSPS) is 26.8. The molecule has 4 amide bonds. The third kappa shape index (κ3) is 9.31. The van der Waals surface area contributed by atoms with E-state index in [1.54, 1.807) is 0 Å². The van der Waals surface area contributed by atoms with E-state index >= 15 is 0 Å². The summed E-state index contributed by atoms with van der Waals surface area (Å²) >= 11 is 0. The fraction of sp³-hybridized carbons (Fsp3) is 0.810. The Bertz CT molecular complexity index is 725. The Balaban J connectivity index is 2.67. The molecule has 0 spiro atoms. The lowest BCUT2D eigenvalue weighted by Gasteiger charge is -2.42. The van der Waals surface area contributed by atoms with Gasteiger partial charge in [0.1, 0.15) is 30.4 Å². The molecule has 0 aromatic heterocycles.